The molecule has 30 heavy (non-hydrogen) atoms. The average molecular weight is 485 g/mol. The van der Waals surface area contributed by atoms with Crippen LogP contribution in [0.5, 0.6) is 0 Å². The molecule has 0 saturated heterocycles. The fourth-order valence-corrected chi connectivity index (χ4v) is 4.98. The molecule has 0 atom stereocenters. The quantitative estimate of drug-likeness (QED) is 0.349. The van der Waals surface area contributed by atoms with E-state index in [1.807, 2.05) is 43.3 Å². The molecule has 1 heterocycles. The number of benzene rings is 2. The number of nitrogens with zero attached hydrogens (tertiary/aromatic N) is 3. The number of carbonyl (C=O) groups excluding carboxylic acids is 1. The lowest BCUT2D eigenvalue weighted by molar-refractivity contribution is -0.116. The van der Waals surface area contributed by atoms with Crippen molar-refractivity contribution in [1.29, 1.82) is 0 Å². The lowest BCUT2D eigenvalue weighted by Crippen LogP contribution is -2.34. The molecule has 162 valence electrons. The van der Waals surface area contributed by atoms with Crippen LogP contribution in [0.2, 0.25) is 5.02 Å². The van der Waals surface area contributed by atoms with Crippen molar-refractivity contribution in [3.05, 3.63) is 53.1 Å². The number of hydrogen-bond acceptors (Lipinski definition) is 5. The lowest BCUT2D eigenvalue weighted by Gasteiger charge is -2.21. The molecule has 0 saturated carbocycles. The van der Waals surface area contributed by atoms with Crippen LogP contribution in [0.1, 0.15) is 18.9 Å². The molecule has 4 nitrogen and oxygen atoms in total. The van der Waals surface area contributed by atoms with E-state index in [4.69, 9.17) is 16.6 Å². The van der Waals surface area contributed by atoms with Gasteiger partial charge in [-0.05, 0) is 69.4 Å². The van der Waals surface area contributed by atoms with Gasteiger partial charge in [-0.25, -0.2) is 4.98 Å². The Kier molecular flexibility index (Phi) is 9.91. The van der Waals surface area contributed by atoms with Crippen molar-refractivity contribution in [3.8, 4) is 0 Å². The second-order valence-electron chi connectivity index (χ2n) is 7.06. The number of thioether (sulfide) groups is 1. The molecule has 0 fully saturated rings. The number of para-hydroxylation sites is 1. The van der Waals surface area contributed by atoms with Crippen molar-refractivity contribution in [2.24, 2.45) is 0 Å². The van der Waals surface area contributed by atoms with Gasteiger partial charge in [0, 0.05) is 16.5 Å². The highest BCUT2D eigenvalue weighted by Crippen LogP contribution is 2.32. The molecule has 8 heteroatoms. The number of thiazole rings is 1. The molecule has 0 aliphatic heterocycles. The molecule has 0 bridgehead atoms. The third-order valence-corrected chi connectivity index (χ3v) is 6.86. The summed E-state index contributed by atoms with van der Waals surface area (Å²) < 4.78 is 1.13. The van der Waals surface area contributed by atoms with E-state index in [-0.39, 0.29) is 18.3 Å². The number of carbonyl (C=O) groups is 1. The number of halogens is 2. The first-order chi connectivity index (χ1) is 14.0. The third-order valence-electron chi connectivity index (χ3n) is 4.57. The Balaban J connectivity index is 0.00000320. The Morgan fingerprint density at radius 3 is 2.53 bits per heavy atom. The van der Waals surface area contributed by atoms with E-state index >= 15 is 0 Å². The van der Waals surface area contributed by atoms with Gasteiger partial charge in [0.2, 0.25) is 5.91 Å². The van der Waals surface area contributed by atoms with Crippen LogP contribution in [0, 0.1) is 0 Å². The van der Waals surface area contributed by atoms with Gasteiger partial charge in [0.15, 0.2) is 5.13 Å². The molecular formula is C22H27Cl2N3OS2. The standard InChI is InChI=1S/C22H26ClN3OS2.ClH/c1-4-16-7-5-8-19-21(16)24-22(29-19)26(14-6-13-25(2)3)20(27)15-28-18-11-9-17(23)10-12-18;/h5,7-12H,4,6,13-15H2,1-3H3;1H. The maximum Gasteiger partial charge on any atom is 0.239 e. The van der Waals surface area contributed by atoms with Gasteiger partial charge >= 0.3 is 0 Å². The normalized spacial score (nSPS) is 11.0. The number of aryl methyl sites for hydroxylation is 1. The van der Waals surface area contributed by atoms with Gasteiger partial charge in [-0.1, -0.05) is 42.0 Å². The van der Waals surface area contributed by atoms with Crippen molar-refractivity contribution in [2.45, 2.75) is 24.7 Å². The summed E-state index contributed by atoms with van der Waals surface area (Å²) in [7, 11) is 4.10. The minimum atomic E-state index is 0. The topological polar surface area (TPSA) is 36.4 Å². The van der Waals surface area contributed by atoms with Crippen molar-refractivity contribution >= 4 is 68.4 Å². The molecule has 1 aromatic heterocycles. The highest BCUT2D eigenvalue weighted by Gasteiger charge is 2.20. The Hall–Kier alpha value is -1.31. The molecule has 1 amide bonds. The lowest BCUT2D eigenvalue weighted by atomic mass is 10.1. The van der Waals surface area contributed by atoms with E-state index in [2.05, 4.69) is 30.0 Å². The Morgan fingerprint density at radius 2 is 1.87 bits per heavy atom. The number of hydrogen-bond donors (Lipinski definition) is 0. The fourth-order valence-electron chi connectivity index (χ4n) is 3.02. The highest BCUT2D eigenvalue weighted by atomic mass is 35.5. The van der Waals surface area contributed by atoms with Crippen LogP contribution in [-0.2, 0) is 11.2 Å². The molecular weight excluding hydrogens is 457 g/mol. The SMILES string of the molecule is CCc1cccc2sc(N(CCCN(C)C)C(=O)CSc3ccc(Cl)cc3)nc12.Cl. The predicted octanol–water partition coefficient (Wildman–Crippen LogP) is 6.01. The van der Waals surface area contributed by atoms with Gasteiger partial charge in [0.05, 0.1) is 16.0 Å². The molecule has 0 aliphatic rings. The Morgan fingerprint density at radius 1 is 1.13 bits per heavy atom. The first-order valence-electron chi connectivity index (χ1n) is 9.70. The molecule has 0 radical (unpaired) electrons. The smallest absolute Gasteiger partial charge is 0.239 e. The van der Waals surface area contributed by atoms with E-state index in [0.717, 1.165) is 39.6 Å². The van der Waals surface area contributed by atoms with Crippen LogP contribution >= 0.6 is 47.1 Å². The van der Waals surface area contributed by atoms with Gasteiger partial charge < -0.3 is 4.90 Å². The van der Waals surface area contributed by atoms with Crippen LogP contribution in [0.15, 0.2) is 47.4 Å². The number of aromatic nitrogens is 1. The summed E-state index contributed by atoms with van der Waals surface area (Å²) in [5, 5.41) is 1.49. The predicted molar refractivity (Wildman–Crippen MR) is 134 cm³/mol. The second kappa shape index (κ2) is 11.9. The molecule has 3 aromatic rings. The van der Waals surface area contributed by atoms with Gasteiger partial charge in [0.1, 0.15) is 0 Å². The summed E-state index contributed by atoms with van der Waals surface area (Å²) >= 11 is 9.09. The minimum absolute atomic E-state index is 0. The number of anilines is 1. The van der Waals surface area contributed by atoms with Gasteiger partial charge in [-0.3, -0.25) is 9.69 Å². The summed E-state index contributed by atoms with van der Waals surface area (Å²) in [5.74, 6) is 0.459. The second-order valence-corrected chi connectivity index (χ2v) is 9.55. The van der Waals surface area contributed by atoms with Crippen LogP contribution in [-0.4, -0.2) is 48.7 Å². The van der Waals surface area contributed by atoms with Crippen LogP contribution in [0.25, 0.3) is 10.2 Å². The van der Waals surface area contributed by atoms with Crippen molar-refractivity contribution in [2.75, 3.05) is 37.8 Å². The van der Waals surface area contributed by atoms with E-state index in [9.17, 15) is 4.79 Å². The zero-order valence-corrected chi connectivity index (χ0v) is 20.6. The fraction of sp³-hybridized carbons (Fsp3) is 0.364. The number of rotatable bonds is 9. The monoisotopic (exact) mass is 483 g/mol. The van der Waals surface area contributed by atoms with E-state index in [1.165, 1.54) is 17.3 Å². The maximum atomic E-state index is 13.1. The third kappa shape index (κ3) is 6.59. The van der Waals surface area contributed by atoms with Crippen molar-refractivity contribution < 1.29 is 4.79 Å². The molecule has 0 aliphatic carbocycles. The Labute approximate surface area is 198 Å². The van der Waals surface area contributed by atoms with Gasteiger partial charge in [0.25, 0.3) is 0 Å². The minimum Gasteiger partial charge on any atom is -0.309 e. The first-order valence-corrected chi connectivity index (χ1v) is 11.9. The van der Waals surface area contributed by atoms with E-state index in [1.54, 1.807) is 11.3 Å². The first kappa shape index (κ1) is 25.0. The van der Waals surface area contributed by atoms with Crippen molar-refractivity contribution in [3.63, 3.8) is 0 Å². The molecule has 0 spiro atoms. The summed E-state index contributed by atoms with van der Waals surface area (Å²) in [6.07, 6.45) is 1.84. The van der Waals surface area contributed by atoms with Crippen LogP contribution in [0.4, 0.5) is 5.13 Å². The highest BCUT2D eigenvalue weighted by molar-refractivity contribution is 8.00. The zero-order chi connectivity index (χ0) is 20.8. The summed E-state index contributed by atoms with van der Waals surface area (Å²) in [6.45, 7) is 3.73. The van der Waals surface area contributed by atoms with Crippen LogP contribution < -0.4 is 4.90 Å². The maximum absolute atomic E-state index is 13.1. The Bertz CT molecular complexity index is 961. The van der Waals surface area contributed by atoms with E-state index < -0.39 is 0 Å². The summed E-state index contributed by atoms with van der Waals surface area (Å²) in [5.41, 5.74) is 2.24. The summed E-state index contributed by atoms with van der Waals surface area (Å²) in [6, 6.07) is 13.9. The largest absolute Gasteiger partial charge is 0.309 e. The average Bonchev–Trinajstić information content (AvgIpc) is 3.14. The molecule has 2 aromatic carbocycles. The summed E-state index contributed by atoms with van der Waals surface area (Å²) in [4.78, 5) is 23.0. The molecule has 0 unspecified atom stereocenters. The van der Waals surface area contributed by atoms with Crippen LogP contribution in [0.3, 0.4) is 0 Å². The number of fused-ring (bicyclic) bond motifs is 1. The van der Waals surface area contributed by atoms with Gasteiger partial charge in [-0.15, -0.1) is 24.2 Å². The van der Waals surface area contributed by atoms with Gasteiger partial charge in [-0.2, -0.15) is 0 Å². The van der Waals surface area contributed by atoms with E-state index in [0.29, 0.717) is 17.3 Å². The molecule has 3 rings (SSSR count). The zero-order valence-electron chi connectivity index (χ0n) is 17.4. The van der Waals surface area contributed by atoms with Crippen molar-refractivity contribution in [1.82, 2.24) is 9.88 Å². The molecule has 0 N–H and O–H groups in total. The number of amides is 1.